The molecule has 1 atom stereocenters. The zero-order valence-electron chi connectivity index (χ0n) is 26.2. The Hall–Kier alpha value is -5.47. The van der Waals surface area contributed by atoms with Gasteiger partial charge in [0.1, 0.15) is 34.5 Å². The van der Waals surface area contributed by atoms with Crippen LogP contribution in [0.4, 0.5) is 14.5 Å². The van der Waals surface area contributed by atoms with Gasteiger partial charge in [-0.3, -0.25) is 13.9 Å². The van der Waals surface area contributed by atoms with Crippen molar-refractivity contribution >= 4 is 43.5 Å². The van der Waals surface area contributed by atoms with Crippen LogP contribution in [0.5, 0.6) is 0 Å². The van der Waals surface area contributed by atoms with Crippen LogP contribution in [0.15, 0.2) is 88.1 Å². The second-order valence-corrected chi connectivity index (χ2v) is 13.1. The Bertz CT molecular complexity index is 2360. The molecule has 1 N–H and O–H groups in total. The van der Waals surface area contributed by atoms with Crippen LogP contribution in [0.1, 0.15) is 22.0 Å². The van der Waals surface area contributed by atoms with Gasteiger partial charge in [-0.15, -0.1) is 5.10 Å². The SMILES string of the molecule is CNC(=O)c1c(-c2ccc(F)cc2)oc2cc(N(C)S(C)(=O)=O)c(-c3ccc4nnn([C@H](COC)c5ccc(F)cc5)c(=O)c4c3)cc12. The van der Waals surface area contributed by atoms with E-state index in [2.05, 4.69) is 15.6 Å². The highest BCUT2D eigenvalue weighted by Crippen LogP contribution is 2.41. The Morgan fingerprint density at radius 3 is 2.25 bits per heavy atom. The molecular formula is C34H29F2N5O6S. The Balaban J connectivity index is 1.60. The number of nitrogens with one attached hydrogen (secondary N) is 1. The first-order valence-corrected chi connectivity index (χ1v) is 16.4. The molecule has 6 aromatic rings. The van der Waals surface area contributed by atoms with Crippen LogP contribution in [0.3, 0.4) is 0 Å². The molecule has 0 aliphatic heterocycles. The van der Waals surface area contributed by atoms with E-state index in [0.29, 0.717) is 27.6 Å². The van der Waals surface area contributed by atoms with Crippen molar-refractivity contribution in [2.75, 3.05) is 38.4 Å². The molecule has 0 saturated heterocycles. The van der Waals surface area contributed by atoms with E-state index in [4.69, 9.17) is 9.15 Å². The number of anilines is 1. The third kappa shape index (κ3) is 5.91. The molecule has 11 nitrogen and oxygen atoms in total. The first-order chi connectivity index (χ1) is 22.9. The summed E-state index contributed by atoms with van der Waals surface area (Å²) in [6.45, 7) is 0.0462. The van der Waals surface area contributed by atoms with Crippen LogP contribution in [0.2, 0.25) is 0 Å². The van der Waals surface area contributed by atoms with Crippen LogP contribution in [-0.2, 0) is 14.8 Å². The zero-order chi connectivity index (χ0) is 34.3. The van der Waals surface area contributed by atoms with Gasteiger partial charge < -0.3 is 14.5 Å². The predicted molar refractivity (Wildman–Crippen MR) is 177 cm³/mol. The number of amides is 1. The van der Waals surface area contributed by atoms with Crippen LogP contribution in [0, 0.1) is 11.6 Å². The van der Waals surface area contributed by atoms with Crippen molar-refractivity contribution in [3.8, 4) is 22.5 Å². The number of sulfonamides is 1. The maximum Gasteiger partial charge on any atom is 0.278 e. The van der Waals surface area contributed by atoms with Crippen molar-refractivity contribution in [3.63, 3.8) is 0 Å². The second kappa shape index (κ2) is 12.6. The highest BCUT2D eigenvalue weighted by atomic mass is 32.2. The van der Waals surface area contributed by atoms with Crippen molar-refractivity contribution in [1.82, 2.24) is 20.3 Å². The Kier molecular flexibility index (Phi) is 8.54. The number of carbonyl (C=O) groups excluding carboxylic acids is 1. The van der Waals surface area contributed by atoms with E-state index in [1.54, 1.807) is 24.3 Å². The molecule has 246 valence electrons. The van der Waals surface area contributed by atoms with E-state index in [9.17, 15) is 26.8 Å². The number of ether oxygens (including phenoxy) is 1. The number of benzene rings is 4. The van der Waals surface area contributed by atoms with E-state index in [1.807, 2.05) is 0 Å². The third-order valence-electron chi connectivity index (χ3n) is 8.07. The molecule has 4 aromatic carbocycles. The highest BCUT2D eigenvalue weighted by Gasteiger charge is 2.26. The molecule has 2 aromatic heterocycles. The average molecular weight is 674 g/mol. The van der Waals surface area contributed by atoms with Gasteiger partial charge in [0.15, 0.2) is 0 Å². The number of hydrogen-bond donors (Lipinski definition) is 1. The molecule has 0 bridgehead atoms. The van der Waals surface area contributed by atoms with Gasteiger partial charge in [0, 0.05) is 43.8 Å². The Morgan fingerprint density at radius 1 is 0.979 bits per heavy atom. The molecule has 14 heteroatoms. The molecule has 6 rings (SSSR count). The van der Waals surface area contributed by atoms with Crippen LogP contribution >= 0.6 is 0 Å². The summed E-state index contributed by atoms with van der Waals surface area (Å²) in [6, 6.07) is 18.2. The summed E-state index contributed by atoms with van der Waals surface area (Å²) in [4.78, 5) is 27.2. The smallest absolute Gasteiger partial charge is 0.278 e. The lowest BCUT2D eigenvalue weighted by Crippen LogP contribution is -2.31. The summed E-state index contributed by atoms with van der Waals surface area (Å²) in [7, 11) is 0.499. The number of aromatic nitrogens is 3. The van der Waals surface area contributed by atoms with Crippen LogP contribution in [-0.4, -0.2) is 63.4 Å². The van der Waals surface area contributed by atoms with Crippen molar-refractivity contribution in [2.24, 2.45) is 0 Å². The molecule has 0 fully saturated rings. The summed E-state index contributed by atoms with van der Waals surface area (Å²) in [5.74, 6) is -1.23. The first-order valence-electron chi connectivity index (χ1n) is 14.6. The molecule has 0 saturated carbocycles. The van der Waals surface area contributed by atoms with Gasteiger partial charge in [0.2, 0.25) is 10.0 Å². The minimum Gasteiger partial charge on any atom is -0.455 e. The standard InChI is InChI=1S/C34H29F2N5O6S/c1-37-33(42)31-26-16-24(28(40(2)48(4,44)45)17-30(26)47-32(31)20-7-12-23(36)13-8-20)21-9-14-27-25(15-21)34(43)41(39-38-27)29(18-46-3)19-5-10-22(35)11-6-19/h5-17,29H,18H2,1-4H3,(H,37,42)/t29-/m1/s1. The number of hydrogen-bond acceptors (Lipinski definition) is 8. The van der Waals surface area contributed by atoms with Crippen molar-refractivity contribution < 1.29 is 31.1 Å². The summed E-state index contributed by atoms with van der Waals surface area (Å²) < 4.78 is 66.8. The van der Waals surface area contributed by atoms with E-state index >= 15 is 0 Å². The molecule has 0 aliphatic rings. The van der Waals surface area contributed by atoms with Gasteiger partial charge in [-0.25, -0.2) is 21.9 Å². The van der Waals surface area contributed by atoms with E-state index < -0.39 is 39.2 Å². The molecular weight excluding hydrogens is 644 g/mol. The van der Waals surface area contributed by atoms with Gasteiger partial charge in [0.05, 0.1) is 29.5 Å². The number of nitrogens with zero attached hydrogens (tertiary/aromatic N) is 4. The number of methoxy groups -OCH3 is 1. The fraction of sp³-hybridized carbons (Fsp3) is 0.176. The maximum absolute atomic E-state index is 14.0. The normalized spacial score (nSPS) is 12.4. The number of halogens is 2. The monoisotopic (exact) mass is 673 g/mol. The van der Waals surface area contributed by atoms with Crippen molar-refractivity contribution in [3.05, 3.63) is 112 Å². The highest BCUT2D eigenvalue weighted by molar-refractivity contribution is 7.92. The fourth-order valence-electron chi connectivity index (χ4n) is 5.53. The van der Waals surface area contributed by atoms with Crippen LogP contribution < -0.4 is 15.2 Å². The Morgan fingerprint density at radius 2 is 1.62 bits per heavy atom. The summed E-state index contributed by atoms with van der Waals surface area (Å²) in [5.41, 5.74) is 2.14. The lowest BCUT2D eigenvalue weighted by Gasteiger charge is -2.21. The topological polar surface area (TPSA) is 137 Å². The number of furan rings is 1. The maximum atomic E-state index is 14.0. The molecule has 0 spiro atoms. The molecule has 0 unspecified atom stereocenters. The van der Waals surface area contributed by atoms with Crippen molar-refractivity contribution in [1.29, 1.82) is 0 Å². The largest absolute Gasteiger partial charge is 0.455 e. The number of carbonyl (C=O) groups is 1. The predicted octanol–water partition coefficient (Wildman–Crippen LogP) is 5.14. The second-order valence-electron chi connectivity index (χ2n) is 11.1. The van der Waals surface area contributed by atoms with Gasteiger partial charge in [-0.1, -0.05) is 23.4 Å². The number of fused-ring (bicyclic) bond motifs is 2. The lowest BCUT2D eigenvalue weighted by molar-refractivity contribution is 0.0964. The van der Waals surface area contributed by atoms with E-state index in [0.717, 1.165) is 15.2 Å². The van der Waals surface area contributed by atoms with Crippen LogP contribution in [0.25, 0.3) is 44.3 Å². The van der Waals surface area contributed by atoms with Gasteiger partial charge in [-0.2, -0.15) is 0 Å². The number of rotatable bonds is 9. The zero-order valence-corrected chi connectivity index (χ0v) is 27.0. The van der Waals surface area contributed by atoms with Gasteiger partial charge >= 0.3 is 0 Å². The summed E-state index contributed by atoms with van der Waals surface area (Å²) >= 11 is 0. The quantitative estimate of drug-likeness (QED) is 0.223. The van der Waals surface area contributed by atoms with Gasteiger partial charge in [0.25, 0.3) is 11.5 Å². The first kappa shape index (κ1) is 32.5. The lowest BCUT2D eigenvalue weighted by atomic mass is 9.97. The van der Waals surface area contributed by atoms with Gasteiger partial charge in [-0.05, 0) is 65.7 Å². The van der Waals surface area contributed by atoms with E-state index in [-0.39, 0.29) is 40.1 Å². The van der Waals surface area contributed by atoms with Crippen molar-refractivity contribution in [2.45, 2.75) is 6.04 Å². The molecule has 2 heterocycles. The molecule has 1 amide bonds. The minimum atomic E-state index is -3.80. The third-order valence-corrected chi connectivity index (χ3v) is 9.26. The minimum absolute atomic E-state index is 0.0462. The Labute approximate surface area is 273 Å². The fourth-order valence-corrected chi connectivity index (χ4v) is 6.04. The molecule has 48 heavy (non-hydrogen) atoms. The summed E-state index contributed by atoms with van der Waals surface area (Å²) in [6.07, 6.45) is 1.04. The van der Waals surface area contributed by atoms with E-state index in [1.165, 1.54) is 75.8 Å². The molecule has 0 aliphatic carbocycles. The molecule has 0 radical (unpaired) electrons. The average Bonchev–Trinajstić information content (AvgIpc) is 3.45. The summed E-state index contributed by atoms with van der Waals surface area (Å²) in [5, 5.41) is 11.5.